The predicted molar refractivity (Wildman–Crippen MR) is 54.7 cm³/mol. The van der Waals surface area contributed by atoms with E-state index in [1.54, 1.807) is 23.5 Å². The molecule has 0 atom stereocenters. The molecule has 0 saturated heterocycles. The van der Waals surface area contributed by atoms with E-state index in [1.165, 1.54) is 6.07 Å². The molecule has 78 valence electrons. The van der Waals surface area contributed by atoms with Gasteiger partial charge in [-0.2, -0.15) is 0 Å². The molecule has 0 aliphatic rings. The molecule has 15 heavy (non-hydrogen) atoms. The lowest BCUT2D eigenvalue weighted by Crippen LogP contribution is -1.75. The zero-order valence-corrected chi connectivity index (χ0v) is 8.38. The number of halogens is 2. The number of alkyl halides is 2. The Balaban J connectivity index is 2.11. The van der Waals surface area contributed by atoms with E-state index in [4.69, 9.17) is 0 Å². The third-order valence-electron chi connectivity index (χ3n) is 1.72. The van der Waals surface area contributed by atoms with E-state index < -0.39 is 12.2 Å². The van der Waals surface area contributed by atoms with Crippen molar-refractivity contribution in [3.63, 3.8) is 0 Å². The molecule has 0 spiro atoms. The molecule has 0 bridgehead atoms. The molecular weight excluding hydrogens is 220 g/mol. The van der Waals surface area contributed by atoms with Gasteiger partial charge >= 0.3 is 0 Å². The van der Waals surface area contributed by atoms with Crippen LogP contribution in [0.15, 0.2) is 28.1 Å². The molecule has 0 amide bonds. The molecule has 0 fully saturated rings. The molecule has 2 rings (SSSR count). The zero-order chi connectivity index (χ0) is 10.7. The molecule has 2 nitrogen and oxygen atoms in total. The lowest BCUT2D eigenvalue weighted by molar-refractivity contribution is 0.112. The SMILES string of the molecule is FC(F)c1cc(C=Cc2cccs2)no1. The van der Waals surface area contributed by atoms with Crippen molar-refractivity contribution in [2.45, 2.75) is 6.43 Å². The monoisotopic (exact) mass is 227 g/mol. The van der Waals surface area contributed by atoms with E-state index in [2.05, 4.69) is 9.68 Å². The second-order valence-corrected chi connectivity index (χ2v) is 3.78. The van der Waals surface area contributed by atoms with E-state index in [0.717, 1.165) is 4.88 Å². The summed E-state index contributed by atoms with van der Waals surface area (Å²) in [4.78, 5) is 1.04. The van der Waals surface area contributed by atoms with Crippen LogP contribution in [0.4, 0.5) is 8.78 Å². The van der Waals surface area contributed by atoms with Crippen LogP contribution < -0.4 is 0 Å². The van der Waals surface area contributed by atoms with Crippen LogP contribution in [0.2, 0.25) is 0 Å². The molecule has 0 unspecified atom stereocenters. The van der Waals surface area contributed by atoms with Crippen molar-refractivity contribution in [3.05, 3.63) is 39.9 Å². The summed E-state index contributed by atoms with van der Waals surface area (Å²) in [7, 11) is 0. The Morgan fingerprint density at radius 1 is 1.40 bits per heavy atom. The fourth-order valence-electron chi connectivity index (χ4n) is 1.04. The van der Waals surface area contributed by atoms with Crippen molar-refractivity contribution < 1.29 is 13.3 Å². The number of hydrogen-bond acceptors (Lipinski definition) is 3. The minimum Gasteiger partial charge on any atom is -0.355 e. The van der Waals surface area contributed by atoms with E-state index in [1.807, 2.05) is 17.5 Å². The molecule has 2 aromatic rings. The molecule has 0 aromatic carbocycles. The minimum absolute atomic E-state index is 0.402. The Morgan fingerprint density at radius 2 is 2.27 bits per heavy atom. The van der Waals surface area contributed by atoms with Crippen LogP contribution in [0, 0.1) is 0 Å². The molecule has 0 aliphatic heterocycles. The Morgan fingerprint density at radius 3 is 2.87 bits per heavy atom. The highest BCUT2D eigenvalue weighted by atomic mass is 32.1. The third-order valence-corrected chi connectivity index (χ3v) is 2.56. The number of nitrogens with zero attached hydrogens (tertiary/aromatic N) is 1. The number of rotatable bonds is 3. The van der Waals surface area contributed by atoms with Crippen molar-refractivity contribution in [3.8, 4) is 0 Å². The molecule has 0 saturated carbocycles. The molecule has 0 N–H and O–H groups in total. The van der Waals surface area contributed by atoms with Crippen LogP contribution in [0.3, 0.4) is 0 Å². The van der Waals surface area contributed by atoms with Gasteiger partial charge in [-0.3, -0.25) is 0 Å². The molecule has 2 heterocycles. The van der Waals surface area contributed by atoms with Crippen molar-refractivity contribution in [1.82, 2.24) is 5.16 Å². The van der Waals surface area contributed by atoms with Gasteiger partial charge < -0.3 is 4.52 Å². The number of thiophene rings is 1. The standard InChI is InChI=1S/C10H7F2NOS/c11-10(12)9-6-7(13-14-9)3-4-8-2-1-5-15-8/h1-6,10H. The van der Waals surface area contributed by atoms with Crippen molar-refractivity contribution in [2.75, 3.05) is 0 Å². The highest BCUT2D eigenvalue weighted by molar-refractivity contribution is 7.10. The van der Waals surface area contributed by atoms with Gasteiger partial charge in [-0.25, -0.2) is 8.78 Å². The zero-order valence-electron chi connectivity index (χ0n) is 7.56. The first-order valence-electron chi connectivity index (χ1n) is 4.22. The summed E-state index contributed by atoms with van der Waals surface area (Å²) < 4.78 is 28.7. The quantitative estimate of drug-likeness (QED) is 0.796. The summed E-state index contributed by atoms with van der Waals surface area (Å²) in [5.74, 6) is -0.402. The van der Waals surface area contributed by atoms with Gasteiger partial charge in [0, 0.05) is 10.9 Å². The van der Waals surface area contributed by atoms with Crippen LogP contribution in [-0.2, 0) is 0 Å². The summed E-state index contributed by atoms with van der Waals surface area (Å²) in [6.07, 6.45) is 0.834. The largest absolute Gasteiger partial charge is 0.355 e. The summed E-state index contributed by atoms with van der Waals surface area (Å²) in [5.41, 5.74) is 0.402. The maximum absolute atomic E-state index is 12.1. The van der Waals surface area contributed by atoms with E-state index in [9.17, 15) is 8.78 Å². The second-order valence-electron chi connectivity index (χ2n) is 2.80. The second kappa shape index (κ2) is 4.35. The fraction of sp³-hybridized carbons (Fsp3) is 0.100. The summed E-state index contributed by atoms with van der Waals surface area (Å²) in [6, 6.07) is 5.07. The van der Waals surface area contributed by atoms with Crippen LogP contribution >= 0.6 is 11.3 Å². The van der Waals surface area contributed by atoms with E-state index in [0.29, 0.717) is 5.69 Å². The van der Waals surface area contributed by atoms with Gasteiger partial charge in [-0.15, -0.1) is 11.3 Å². The van der Waals surface area contributed by atoms with Gasteiger partial charge in [0.1, 0.15) is 5.69 Å². The lowest BCUT2D eigenvalue weighted by Gasteiger charge is -1.85. The number of aromatic nitrogens is 1. The van der Waals surface area contributed by atoms with E-state index in [-0.39, 0.29) is 0 Å². The first-order valence-corrected chi connectivity index (χ1v) is 5.10. The van der Waals surface area contributed by atoms with Gasteiger partial charge in [0.25, 0.3) is 6.43 Å². The Kier molecular flexibility index (Phi) is 2.91. The predicted octanol–water partition coefficient (Wildman–Crippen LogP) is 3.84. The topological polar surface area (TPSA) is 26.0 Å². The highest BCUT2D eigenvalue weighted by Gasteiger charge is 2.12. The van der Waals surface area contributed by atoms with Crippen molar-refractivity contribution in [2.24, 2.45) is 0 Å². The molecule has 2 aromatic heterocycles. The Labute approximate surface area is 88.8 Å². The van der Waals surface area contributed by atoms with Crippen LogP contribution in [0.25, 0.3) is 12.2 Å². The highest BCUT2D eigenvalue weighted by Crippen LogP contribution is 2.20. The summed E-state index contributed by atoms with van der Waals surface area (Å²) in [5, 5.41) is 5.44. The van der Waals surface area contributed by atoms with Gasteiger partial charge in [-0.1, -0.05) is 11.2 Å². The smallest absolute Gasteiger partial charge is 0.298 e. The average Bonchev–Trinajstić information content (AvgIpc) is 2.86. The first-order chi connectivity index (χ1) is 7.25. The first kappa shape index (κ1) is 10.0. The Hall–Kier alpha value is -1.49. The van der Waals surface area contributed by atoms with Gasteiger partial charge in [0.2, 0.25) is 5.76 Å². The maximum Gasteiger partial charge on any atom is 0.298 e. The maximum atomic E-state index is 12.1. The van der Waals surface area contributed by atoms with Crippen molar-refractivity contribution in [1.29, 1.82) is 0 Å². The number of hydrogen-bond donors (Lipinski definition) is 0. The average molecular weight is 227 g/mol. The van der Waals surface area contributed by atoms with Crippen molar-refractivity contribution >= 4 is 23.5 Å². The van der Waals surface area contributed by atoms with Gasteiger partial charge in [-0.05, 0) is 23.6 Å². The van der Waals surface area contributed by atoms with E-state index >= 15 is 0 Å². The van der Waals surface area contributed by atoms with Gasteiger partial charge in [0.05, 0.1) is 0 Å². The molecule has 0 radical (unpaired) electrons. The molecule has 5 heteroatoms. The normalized spacial score (nSPS) is 11.7. The summed E-state index contributed by atoms with van der Waals surface area (Å²) in [6.45, 7) is 0. The Bertz CT molecular complexity index is 448. The molecule has 0 aliphatic carbocycles. The van der Waals surface area contributed by atoms with Gasteiger partial charge in [0.15, 0.2) is 0 Å². The lowest BCUT2D eigenvalue weighted by atomic mass is 10.3. The fourth-order valence-corrected chi connectivity index (χ4v) is 1.66. The third kappa shape index (κ3) is 2.50. The minimum atomic E-state index is -2.61. The van der Waals surface area contributed by atoms with Crippen LogP contribution in [0.1, 0.15) is 22.8 Å². The van der Waals surface area contributed by atoms with Crippen LogP contribution in [0.5, 0.6) is 0 Å². The van der Waals surface area contributed by atoms with Crippen LogP contribution in [-0.4, -0.2) is 5.16 Å². The summed E-state index contributed by atoms with van der Waals surface area (Å²) >= 11 is 1.56. The molecular formula is C10H7F2NOS.